The predicted molar refractivity (Wildman–Crippen MR) is 63.7 cm³/mol. The second-order valence-corrected chi connectivity index (χ2v) is 3.81. The first-order valence-corrected chi connectivity index (χ1v) is 5.38. The van der Waals surface area contributed by atoms with Crippen LogP contribution in [0.3, 0.4) is 0 Å². The van der Waals surface area contributed by atoms with Crippen LogP contribution in [0.5, 0.6) is 0 Å². The van der Waals surface area contributed by atoms with E-state index >= 15 is 0 Å². The van der Waals surface area contributed by atoms with Gasteiger partial charge in [0.05, 0.1) is 5.52 Å². The number of hydrogen-bond acceptors (Lipinski definition) is 5. The highest BCUT2D eigenvalue weighted by Gasteiger charge is 2.12. The van der Waals surface area contributed by atoms with Crippen LogP contribution in [0.15, 0.2) is 27.4 Å². The lowest BCUT2D eigenvalue weighted by Gasteiger charge is -2.08. The molecule has 0 radical (unpaired) electrons. The molecule has 18 heavy (non-hydrogen) atoms. The lowest BCUT2D eigenvalue weighted by atomic mass is 10.2. The summed E-state index contributed by atoms with van der Waals surface area (Å²) in [6, 6.07) is 5.04. The normalized spacial score (nSPS) is 12.6. The van der Waals surface area contributed by atoms with E-state index in [0.29, 0.717) is 11.1 Å². The van der Waals surface area contributed by atoms with Crippen LogP contribution in [-0.2, 0) is 11.3 Å². The SMILES string of the molecule is NCC(O)C(=O)NCc1ccc2oc(=O)[nH]c2c1. The molecular weight excluding hydrogens is 238 g/mol. The summed E-state index contributed by atoms with van der Waals surface area (Å²) in [5.74, 6) is -1.05. The third-order valence-corrected chi connectivity index (χ3v) is 2.48. The summed E-state index contributed by atoms with van der Waals surface area (Å²) in [7, 11) is 0. The van der Waals surface area contributed by atoms with Gasteiger partial charge < -0.3 is 20.6 Å². The summed E-state index contributed by atoms with van der Waals surface area (Å²) in [5, 5.41) is 11.7. The van der Waals surface area contributed by atoms with E-state index in [1.807, 2.05) is 0 Å². The number of nitrogens with one attached hydrogen (secondary N) is 2. The smallest absolute Gasteiger partial charge is 0.408 e. The molecule has 0 aliphatic heterocycles. The molecule has 0 saturated carbocycles. The van der Waals surface area contributed by atoms with Gasteiger partial charge in [-0.05, 0) is 17.7 Å². The molecule has 96 valence electrons. The van der Waals surface area contributed by atoms with Gasteiger partial charge >= 0.3 is 5.76 Å². The molecule has 1 atom stereocenters. The Kier molecular flexibility index (Phi) is 3.45. The number of H-pyrrole nitrogens is 1. The van der Waals surface area contributed by atoms with Crippen LogP contribution >= 0.6 is 0 Å². The van der Waals surface area contributed by atoms with Crippen molar-refractivity contribution in [3.8, 4) is 0 Å². The lowest BCUT2D eigenvalue weighted by molar-refractivity contribution is -0.128. The highest BCUT2D eigenvalue weighted by molar-refractivity contribution is 5.80. The number of fused-ring (bicyclic) bond motifs is 1. The van der Waals surface area contributed by atoms with Crippen molar-refractivity contribution in [1.82, 2.24) is 10.3 Å². The number of nitrogens with two attached hydrogens (primary N) is 1. The molecule has 0 spiro atoms. The Bertz CT molecular complexity index is 616. The van der Waals surface area contributed by atoms with Gasteiger partial charge in [0.2, 0.25) is 5.91 Å². The first-order chi connectivity index (χ1) is 8.60. The van der Waals surface area contributed by atoms with Gasteiger partial charge in [0.15, 0.2) is 5.58 Å². The van der Waals surface area contributed by atoms with E-state index in [2.05, 4.69) is 10.3 Å². The minimum absolute atomic E-state index is 0.125. The van der Waals surface area contributed by atoms with Crippen molar-refractivity contribution in [3.63, 3.8) is 0 Å². The maximum Gasteiger partial charge on any atom is 0.417 e. The van der Waals surface area contributed by atoms with Crippen molar-refractivity contribution < 1.29 is 14.3 Å². The molecule has 1 unspecified atom stereocenters. The van der Waals surface area contributed by atoms with Crippen molar-refractivity contribution in [2.45, 2.75) is 12.6 Å². The third-order valence-electron chi connectivity index (χ3n) is 2.48. The zero-order chi connectivity index (χ0) is 13.1. The van der Waals surface area contributed by atoms with E-state index in [9.17, 15) is 14.7 Å². The van der Waals surface area contributed by atoms with Crippen LogP contribution in [-0.4, -0.2) is 28.6 Å². The van der Waals surface area contributed by atoms with Gasteiger partial charge in [0.25, 0.3) is 0 Å². The van der Waals surface area contributed by atoms with Gasteiger partial charge in [-0.1, -0.05) is 6.07 Å². The molecule has 0 bridgehead atoms. The lowest BCUT2D eigenvalue weighted by Crippen LogP contribution is -2.38. The van der Waals surface area contributed by atoms with Crippen LogP contribution in [0.1, 0.15) is 5.56 Å². The summed E-state index contributed by atoms with van der Waals surface area (Å²) in [6.45, 7) is 0.110. The summed E-state index contributed by atoms with van der Waals surface area (Å²) >= 11 is 0. The number of aromatic nitrogens is 1. The summed E-state index contributed by atoms with van der Waals surface area (Å²) in [5.41, 5.74) is 6.95. The third kappa shape index (κ3) is 2.58. The number of aliphatic hydroxyl groups is 1. The fraction of sp³-hybridized carbons (Fsp3) is 0.273. The maximum atomic E-state index is 11.3. The average molecular weight is 251 g/mol. The molecule has 7 heteroatoms. The molecule has 0 aliphatic rings. The van der Waals surface area contributed by atoms with Gasteiger partial charge in [-0.2, -0.15) is 0 Å². The fourth-order valence-corrected chi connectivity index (χ4v) is 1.52. The molecule has 7 nitrogen and oxygen atoms in total. The molecular formula is C11H13N3O4. The Morgan fingerprint density at radius 3 is 3.06 bits per heavy atom. The molecule has 5 N–H and O–H groups in total. The number of oxazole rings is 1. The topological polar surface area (TPSA) is 121 Å². The minimum atomic E-state index is -1.21. The number of carbonyl (C=O) groups is 1. The highest BCUT2D eigenvalue weighted by atomic mass is 16.4. The minimum Gasteiger partial charge on any atom is -0.408 e. The number of hydrogen-bond donors (Lipinski definition) is 4. The Labute approximate surface area is 102 Å². The number of aromatic amines is 1. The van der Waals surface area contributed by atoms with E-state index in [1.165, 1.54) is 0 Å². The highest BCUT2D eigenvalue weighted by Crippen LogP contribution is 2.11. The Hall–Kier alpha value is -2.12. The van der Waals surface area contributed by atoms with Crippen LogP contribution < -0.4 is 16.8 Å². The number of benzene rings is 1. The zero-order valence-corrected chi connectivity index (χ0v) is 9.47. The molecule has 0 saturated heterocycles. The van der Waals surface area contributed by atoms with Crippen LogP contribution in [0.4, 0.5) is 0 Å². The number of amides is 1. The van der Waals surface area contributed by atoms with Gasteiger partial charge in [-0.3, -0.25) is 9.78 Å². The van der Waals surface area contributed by atoms with Crippen molar-refractivity contribution >= 4 is 17.0 Å². The van der Waals surface area contributed by atoms with Crippen molar-refractivity contribution in [2.75, 3.05) is 6.54 Å². The monoisotopic (exact) mass is 251 g/mol. The van der Waals surface area contributed by atoms with Gasteiger partial charge in [0, 0.05) is 13.1 Å². The Morgan fingerprint density at radius 2 is 2.33 bits per heavy atom. The molecule has 0 fully saturated rings. The molecule has 1 amide bonds. The van der Waals surface area contributed by atoms with Crippen molar-refractivity contribution in [3.05, 3.63) is 34.3 Å². The maximum absolute atomic E-state index is 11.3. The van der Waals surface area contributed by atoms with Crippen LogP contribution in [0, 0.1) is 0 Å². The molecule has 0 aliphatic carbocycles. The first-order valence-electron chi connectivity index (χ1n) is 5.38. The average Bonchev–Trinajstić information content (AvgIpc) is 2.74. The first kappa shape index (κ1) is 12.3. The zero-order valence-electron chi connectivity index (χ0n) is 9.47. The predicted octanol–water partition coefficient (Wildman–Crippen LogP) is -0.943. The van der Waals surface area contributed by atoms with Gasteiger partial charge in [0.1, 0.15) is 6.10 Å². The van der Waals surface area contributed by atoms with E-state index in [-0.39, 0.29) is 13.1 Å². The Morgan fingerprint density at radius 1 is 1.56 bits per heavy atom. The fourth-order valence-electron chi connectivity index (χ4n) is 1.52. The summed E-state index contributed by atoms with van der Waals surface area (Å²) < 4.78 is 4.85. The molecule has 1 aromatic carbocycles. The van der Waals surface area contributed by atoms with Crippen LogP contribution in [0.25, 0.3) is 11.1 Å². The largest absolute Gasteiger partial charge is 0.417 e. The standard InChI is InChI=1S/C11H13N3O4/c12-4-8(15)10(16)13-5-6-1-2-9-7(3-6)14-11(17)18-9/h1-3,8,15H,4-5,12H2,(H,13,16)(H,14,17). The Balaban J connectivity index is 2.08. The van der Waals surface area contributed by atoms with E-state index < -0.39 is 17.8 Å². The van der Waals surface area contributed by atoms with Crippen molar-refractivity contribution in [2.24, 2.45) is 5.73 Å². The second-order valence-electron chi connectivity index (χ2n) is 3.81. The van der Waals surface area contributed by atoms with E-state index in [1.54, 1.807) is 18.2 Å². The second kappa shape index (κ2) is 5.03. The number of aliphatic hydroxyl groups excluding tert-OH is 1. The molecule has 2 rings (SSSR count). The number of rotatable bonds is 4. The molecule has 1 aromatic heterocycles. The van der Waals surface area contributed by atoms with Crippen molar-refractivity contribution in [1.29, 1.82) is 0 Å². The van der Waals surface area contributed by atoms with Gasteiger partial charge in [-0.25, -0.2) is 4.79 Å². The summed E-state index contributed by atoms with van der Waals surface area (Å²) in [6.07, 6.45) is -1.21. The van der Waals surface area contributed by atoms with Gasteiger partial charge in [-0.15, -0.1) is 0 Å². The summed E-state index contributed by atoms with van der Waals surface area (Å²) in [4.78, 5) is 24.8. The van der Waals surface area contributed by atoms with Crippen LogP contribution in [0.2, 0.25) is 0 Å². The van der Waals surface area contributed by atoms with E-state index in [0.717, 1.165) is 5.56 Å². The number of carbonyl (C=O) groups excluding carboxylic acids is 1. The molecule has 2 aromatic rings. The van der Waals surface area contributed by atoms with E-state index in [4.69, 9.17) is 10.2 Å². The molecule has 1 heterocycles. The quantitative estimate of drug-likeness (QED) is 0.558.